The van der Waals surface area contributed by atoms with Crippen LogP contribution in [0.1, 0.15) is 20.7 Å². The fourth-order valence-electron chi connectivity index (χ4n) is 2.09. The van der Waals surface area contributed by atoms with E-state index in [9.17, 15) is 9.59 Å². The molecular weight excluding hydrogens is 440 g/mol. The Morgan fingerprint density at radius 2 is 1.08 bits per heavy atom. The summed E-state index contributed by atoms with van der Waals surface area (Å²) in [6, 6.07) is 14.2. The first kappa shape index (κ1) is 18.7. The third-order valence-electron chi connectivity index (χ3n) is 3.22. The molecule has 0 radical (unpaired) electrons. The van der Waals surface area contributed by atoms with Crippen LogP contribution in [-0.4, -0.2) is 35.4 Å². The normalized spacial score (nSPS) is 10.2. The molecule has 0 heterocycles. The molecule has 4 nitrogen and oxygen atoms in total. The van der Waals surface area contributed by atoms with Gasteiger partial charge >= 0.3 is 0 Å². The number of ether oxygens (including phenoxy) is 2. The minimum Gasteiger partial charge on any atom is -0.489 e. The average molecular weight is 456 g/mol. The number of rotatable bonds is 9. The van der Waals surface area contributed by atoms with Crippen molar-refractivity contribution in [2.75, 3.05) is 23.9 Å². The van der Waals surface area contributed by atoms with E-state index in [2.05, 4.69) is 31.9 Å². The molecule has 0 saturated carbocycles. The summed E-state index contributed by atoms with van der Waals surface area (Å²) in [5.74, 6) is 0.963. The van der Waals surface area contributed by atoms with Crippen LogP contribution in [-0.2, 0) is 0 Å². The van der Waals surface area contributed by atoms with Crippen LogP contribution in [0.4, 0.5) is 0 Å². The van der Waals surface area contributed by atoms with Crippen molar-refractivity contribution < 1.29 is 19.1 Å². The fraction of sp³-hybridized carbons (Fsp3) is 0.222. The number of halogens is 2. The quantitative estimate of drug-likeness (QED) is 0.321. The molecule has 0 aliphatic carbocycles. The summed E-state index contributed by atoms with van der Waals surface area (Å²) in [4.78, 5) is 23.7. The highest BCUT2D eigenvalue weighted by molar-refractivity contribution is 9.09. The Morgan fingerprint density at radius 3 is 1.46 bits per heavy atom. The van der Waals surface area contributed by atoms with Crippen molar-refractivity contribution in [3.63, 3.8) is 0 Å². The second kappa shape index (κ2) is 9.59. The van der Waals surface area contributed by atoms with Gasteiger partial charge in [-0.1, -0.05) is 56.1 Å². The molecule has 0 amide bonds. The summed E-state index contributed by atoms with van der Waals surface area (Å²) in [5.41, 5.74) is 1.06. The van der Waals surface area contributed by atoms with Crippen LogP contribution in [0.5, 0.6) is 11.5 Å². The van der Waals surface area contributed by atoms with Crippen LogP contribution >= 0.6 is 31.9 Å². The first-order valence-corrected chi connectivity index (χ1v) is 9.53. The molecule has 2 aromatic rings. The number of carbonyl (C=O) groups excluding carboxylic acids is 2. The summed E-state index contributed by atoms with van der Waals surface area (Å²) in [5, 5.41) is 0.484. The van der Waals surface area contributed by atoms with Crippen molar-refractivity contribution >= 4 is 43.4 Å². The average Bonchev–Trinajstić information content (AvgIpc) is 2.64. The SMILES string of the molecule is O=C(CBr)c1ccccc1OCCOc1ccccc1C(=O)CBr. The van der Waals surface area contributed by atoms with Crippen molar-refractivity contribution in [1.82, 2.24) is 0 Å². The lowest BCUT2D eigenvalue weighted by atomic mass is 10.1. The summed E-state index contributed by atoms with van der Waals surface area (Å²) in [6.07, 6.45) is 0. The van der Waals surface area contributed by atoms with Gasteiger partial charge in [-0.05, 0) is 24.3 Å². The molecule has 0 saturated heterocycles. The van der Waals surface area contributed by atoms with Crippen molar-refractivity contribution in [2.45, 2.75) is 0 Å². The highest BCUT2D eigenvalue weighted by Crippen LogP contribution is 2.21. The Hall–Kier alpha value is -1.66. The third kappa shape index (κ3) is 4.92. The largest absolute Gasteiger partial charge is 0.489 e. The molecule has 0 spiro atoms. The molecule has 0 fully saturated rings. The van der Waals surface area contributed by atoms with Gasteiger partial charge < -0.3 is 9.47 Å². The number of hydrogen-bond acceptors (Lipinski definition) is 4. The van der Waals surface area contributed by atoms with Crippen LogP contribution in [0.3, 0.4) is 0 Å². The second-order valence-electron chi connectivity index (χ2n) is 4.80. The van der Waals surface area contributed by atoms with Gasteiger partial charge in [0.2, 0.25) is 0 Å². The van der Waals surface area contributed by atoms with Crippen LogP contribution in [0.15, 0.2) is 48.5 Å². The van der Waals surface area contributed by atoms with Crippen molar-refractivity contribution in [2.24, 2.45) is 0 Å². The number of ketones is 2. The zero-order valence-electron chi connectivity index (χ0n) is 12.8. The lowest BCUT2D eigenvalue weighted by Crippen LogP contribution is -2.13. The predicted octanol–water partition coefficient (Wildman–Crippen LogP) is 4.30. The zero-order valence-corrected chi connectivity index (χ0v) is 16.0. The summed E-state index contributed by atoms with van der Waals surface area (Å²) in [6.45, 7) is 0.535. The fourth-order valence-corrected chi connectivity index (χ4v) is 2.70. The van der Waals surface area contributed by atoms with Gasteiger partial charge in [0.05, 0.1) is 21.8 Å². The molecule has 0 aromatic heterocycles. The second-order valence-corrected chi connectivity index (χ2v) is 5.92. The molecule has 0 aliphatic heterocycles. The zero-order chi connectivity index (χ0) is 17.4. The maximum atomic E-state index is 11.8. The predicted molar refractivity (Wildman–Crippen MR) is 100 cm³/mol. The van der Waals surface area contributed by atoms with E-state index in [-0.39, 0.29) is 35.4 Å². The number of benzene rings is 2. The minimum absolute atomic E-state index is 0.0419. The first-order valence-electron chi connectivity index (χ1n) is 7.29. The highest BCUT2D eigenvalue weighted by Gasteiger charge is 2.12. The maximum absolute atomic E-state index is 11.8. The van der Waals surface area contributed by atoms with E-state index in [4.69, 9.17) is 9.47 Å². The van der Waals surface area contributed by atoms with Gasteiger partial charge in [0, 0.05) is 0 Å². The Morgan fingerprint density at radius 1 is 0.708 bits per heavy atom. The topological polar surface area (TPSA) is 52.6 Å². The molecule has 0 unspecified atom stereocenters. The Labute approximate surface area is 157 Å². The Balaban J connectivity index is 1.95. The van der Waals surface area contributed by atoms with Gasteiger partial charge in [0.1, 0.15) is 24.7 Å². The molecular formula is C18H16Br2O4. The number of carbonyl (C=O) groups is 2. The molecule has 0 aliphatic rings. The minimum atomic E-state index is -0.0419. The van der Waals surface area contributed by atoms with Gasteiger partial charge in [-0.3, -0.25) is 9.59 Å². The summed E-state index contributed by atoms with van der Waals surface area (Å²) < 4.78 is 11.3. The van der Waals surface area contributed by atoms with E-state index in [0.717, 1.165) is 0 Å². The van der Waals surface area contributed by atoms with Gasteiger partial charge in [0.25, 0.3) is 0 Å². The number of alkyl halides is 2. The van der Waals surface area contributed by atoms with Gasteiger partial charge in [0.15, 0.2) is 11.6 Å². The molecule has 2 rings (SSSR count). The van der Waals surface area contributed by atoms with E-state index in [1.165, 1.54) is 0 Å². The molecule has 0 bridgehead atoms. The standard InChI is InChI=1S/C18H16Br2O4/c19-11-15(21)13-5-1-3-7-17(13)23-9-10-24-18-8-4-2-6-14(18)16(22)12-20/h1-8H,9-12H2. The van der Waals surface area contributed by atoms with E-state index >= 15 is 0 Å². The summed E-state index contributed by atoms with van der Waals surface area (Å²) in [7, 11) is 0. The van der Waals surface area contributed by atoms with Crippen LogP contribution in [0.2, 0.25) is 0 Å². The van der Waals surface area contributed by atoms with Gasteiger partial charge in [-0.2, -0.15) is 0 Å². The van der Waals surface area contributed by atoms with Crippen molar-refractivity contribution in [3.8, 4) is 11.5 Å². The van der Waals surface area contributed by atoms with E-state index in [0.29, 0.717) is 22.6 Å². The lowest BCUT2D eigenvalue weighted by molar-refractivity contribution is 0.100. The van der Waals surface area contributed by atoms with E-state index in [1.807, 2.05) is 12.1 Å². The highest BCUT2D eigenvalue weighted by atomic mass is 79.9. The first-order chi connectivity index (χ1) is 11.7. The van der Waals surface area contributed by atoms with E-state index < -0.39 is 0 Å². The smallest absolute Gasteiger partial charge is 0.177 e. The maximum Gasteiger partial charge on any atom is 0.177 e. The molecule has 24 heavy (non-hydrogen) atoms. The molecule has 2 aromatic carbocycles. The number of Topliss-reactive ketones (excluding diaryl/α,β-unsaturated/α-hetero) is 2. The number of hydrogen-bond donors (Lipinski definition) is 0. The molecule has 0 N–H and O–H groups in total. The van der Waals surface area contributed by atoms with Crippen LogP contribution in [0.25, 0.3) is 0 Å². The van der Waals surface area contributed by atoms with Crippen molar-refractivity contribution in [1.29, 1.82) is 0 Å². The lowest BCUT2D eigenvalue weighted by Gasteiger charge is -2.12. The summed E-state index contributed by atoms with van der Waals surface area (Å²) >= 11 is 6.32. The monoisotopic (exact) mass is 454 g/mol. The van der Waals surface area contributed by atoms with E-state index in [1.54, 1.807) is 36.4 Å². The van der Waals surface area contributed by atoms with Crippen LogP contribution in [0, 0.1) is 0 Å². The molecule has 126 valence electrons. The van der Waals surface area contributed by atoms with Crippen LogP contribution < -0.4 is 9.47 Å². The van der Waals surface area contributed by atoms with Gasteiger partial charge in [-0.25, -0.2) is 0 Å². The number of para-hydroxylation sites is 2. The van der Waals surface area contributed by atoms with Crippen molar-refractivity contribution in [3.05, 3.63) is 59.7 Å². The third-order valence-corrected chi connectivity index (χ3v) is 4.23. The Kier molecular flexibility index (Phi) is 7.46. The Bertz CT molecular complexity index is 654. The molecule has 6 heteroatoms. The van der Waals surface area contributed by atoms with Gasteiger partial charge in [-0.15, -0.1) is 0 Å². The molecule has 0 atom stereocenters.